The van der Waals surface area contributed by atoms with Crippen LogP contribution in [-0.2, 0) is 6.42 Å². The third kappa shape index (κ3) is 2.87. The molecule has 0 bridgehead atoms. The Labute approximate surface area is 85.9 Å². The molecule has 0 radical (unpaired) electrons. The summed E-state index contributed by atoms with van der Waals surface area (Å²) in [5.74, 6) is 0.608. The highest BCUT2D eigenvalue weighted by atomic mass is 14.8. The van der Waals surface area contributed by atoms with E-state index in [1.807, 2.05) is 6.07 Å². The molecule has 0 heterocycles. The van der Waals surface area contributed by atoms with Crippen LogP contribution in [0.5, 0.6) is 0 Å². The fourth-order valence-corrected chi connectivity index (χ4v) is 1.48. The molecule has 2 heteroatoms. The van der Waals surface area contributed by atoms with E-state index in [9.17, 15) is 0 Å². The number of nitrogens with zero attached hydrogens (tertiary/aromatic N) is 1. The summed E-state index contributed by atoms with van der Waals surface area (Å²) in [6.07, 6.45) is 2.31. The predicted molar refractivity (Wildman–Crippen MR) is 62.1 cm³/mol. The normalized spacial score (nSPS) is 11.8. The molecular weight excluding hydrogens is 172 g/mol. The van der Waals surface area contributed by atoms with Crippen molar-refractivity contribution in [2.75, 3.05) is 0 Å². The molecule has 0 unspecified atom stereocenters. The lowest BCUT2D eigenvalue weighted by atomic mass is 10.1. The Hall–Kier alpha value is -1.31. The molecule has 76 valence electrons. The molecule has 1 aromatic rings. The number of hydrogen-bond donors (Lipinski definition) is 1. The van der Waals surface area contributed by atoms with E-state index in [1.54, 1.807) is 6.92 Å². The monoisotopic (exact) mass is 190 g/mol. The molecule has 0 aliphatic rings. The van der Waals surface area contributed by atoms with Gasteiger partial charge in [0.1, 0.15) is 0 Å². The van der Waals surface area contributed by atoms with E-state index in [0.29, 0.717) is 5.84 Å². The van der Waals surface area contributed by atoms with E-state index < -0.39 is 0 Å². The minimum absolute atomic E-state index is 0.608. The Bertz CT molecular complexity index is 336. The first kappa shape index (κ1) is 10.8. The van der Waals surface area contributed by atoms with Crippen LogP contribution in [0.4, 0.5) is 5.69 Å². The lowest BCUT2D eigenvalue weighted by molar-refractivity contribution is 0.920. The average Bonchev–Trinajstić information content (AvgIpc) is 2.10. The summed E-state index contributed by atoms with van der Waals surface area (Å²) in [6, 6.07) is 6.35. The van der Waals surface area contributed by atoms with Gasteiger partial charge in [0, 0.05) is 0 Å². The highest BCUT2D eigenvalue weighted by Crippen LogP contribution is 2.20. The average molecular weight is 190 g/mol. The molecule has 0 aliphatic heterocycles. The van der Waals surface area contributed by atoms with Crippen molar-refractivity contribution in [3.8, 4) is 0 Å². The summed E-state index contributed by atoms with van der Waals surface area (Å²) < 4.78 is 0. The molecule has 0 saturated carbocycles. The van der Waals surface area contributed by atoms with Crippen molar-refractivity contribution in [3.05, 3.63) is 29.3 Å². The van der Waals surface area contributed by atoms with Gasteiger partial charge in [0.05, 0.1) is 11.5 Å². The standard InChI is InChI=1S/C12H18N2/c1-4-5-11-6-7-12(9(2)8-11)14-10(3)13/h6-8H,4-5H2,1-3H3,(H2,13,14). The second-order valence-corrected chi connectivity index (χ2v) is 3.62. The maximum atomic E-state index is 5.54. The molecule has 0 fully saturated rings. The topological polar surface area (TPSA) is 38.4 Å². The molecule has 14 heavy (non-hydrogen) atoms. The molecule has 0 spiro atoms. The number of rotatable bonds is 3. The van der Waals surface area contributed by atoms with Gasteiger partial charge in [-0.05, 0) is 37.5 Å². The molecular formula is C12H18N2. The van der Waals surface area contributed by atoms with Gasteiger partial charge >= 0.3 is 0 Å². The van der Waals surface area contributed by atoms with Crippen molar-refractivity contribution in [1.29, 1.82) is 0 Å². The van der Waals surface area contributed by atoms with Crippen molar-refractivity contribution in [1.82, 2.24) is 0 Å². The summed E-state index contributed by atoms with van der Waals surface area (Å²) in [5, 5.41) is 0. The van der Waals surface area contributed by atoms with Crippen LogP contribution < -0.4 is 5.73 Å². The molecule has 0 amide bonds. The summed E-state index contributed by atoms with van der Waals surface area (Å²) in [5.41, 5.74) is 9.09. The van der Waals surface area contributed by atoms with Gasteiger partial charge in [-0.3, -0.25) is 0 Å². The summed E-state index contributed by atoms with van der Waals surface area (Å²) in [6.45, 7) is 6.06. The van der Waals surface area contributed by atoms with Gasteiger partial charge < -0.3 is 5.73 Å². The van der Waals surface area contributed by atoms with E-state index in [-0.39, 0.29) is 0 Å². The van der Waals surface area contributed by atoms with Crippen LogP contribution in [0.15, 0.2) is 23.2 Å². The van der Waals surface area contributed by atoms with Crippen LogP contribution in [0.3, 0.4) is 0 Å². The number of benzene rings is 1. The van der Waals surface area contributed by atoms with Crippen molar-refractivity contribution in [3.63, 3.8) is 0 Å². The number of nitrogens with two attached hydrogens (primary N) is 1. The van der Waals surface area contributed by atoms with Crippen LogP contribution in [0.2, 0.25) is 0 Å². The van der Waals surface area contributed by atoms with Crippen LogP contribution in [0.1, 0.15) is 31.4 Å². The van der Waals surface area contributed by atoms with Gasteiger partial charge in [-0.25, -0.2) is 4.99 Å². The predicted octanol–water partition coefficient (Wildman–Crippen LogP) is 2.96. The summed E-state index contributed by atoms with van der Waals surface area (Å²) >= 11 is 0. The highest BCUT2D eigenvalue weighted by molar-refractivity contribution is 5.81. The minimum Gasteiger partial charge on any atom is -0.387 e. The van der Waals surface area contributed by atoms with Gasteiger partial charge in [-0.1, -0.05) is 25.5 Å². The fourth-order valence-electron chi connectivity index (χ4n) is 1.48. The summed E-state index contributed by atoms with van der Waals surface area (Å²) in [7, 11) is 0. The molecule has 0 aromatic heterocycles. The molecule has 2 nitrogen and oxygen atoms in total. The quantitative estimate of drug-likeness (QED) is 0.577. The van der Waals surface area contributed by atoms with E-state index in [2.05, 4.69) is 31.0 Å². The number of aliphatic imine (C=N–C) groups is 1. The maximum Gasteiger partial charge on any atom is 0.0965 e. The van der Waals surface area contributed by atoms with Crippen LogP contribution in [-0.4, -0.2) is 5.84 Å². The van der Waals surface area contributed by atoms with E-state index >= 15 is 0 Å². The van der Waals surface area contributed by atoms with Crippen molar-refractivity contribution in [2.24, 2.45) is 10.7 Å². The molecule has 0 aliphatic carbocycles. The fraction of sp³-hybridized carbons (Fsp3) is 0.417. The second-order valence-electron chi connectivity index (χ2n) is 3.62. The largest absolute Gasteiger partial charge is 0.387 e. The molecule has 0 saturated heterocycles. The lowest BCUT2D eigenvalue weighted by Gasteiger charge is -2.04. The van der Waals surface area contributed by atoms with E-state index in [4.69, 9.17) is 5.73 Å². The zero-order chi connectivity index (χ0) is 10.6. The van der Waals surface area contributed by atoms with Gasteiger partial charge in [0.15, 0.2) is 0 Å². The van der Waals surface area contributed by atoms with E-state index in [0.717, 1.165) is 12.1 Å². The highest BCUT2D eigenvalue weighted by Gasteiger charge is 1.98. The Morgan fingerprint density at radius 3 is 2.64 bits per heavy atom. The lowest BCUT2D eigenvalue weighted by Crippen LogP contribution is -2.04. The third-order valence-electron chi connectivity index (χ3n) is 2.10. The first-order chi connectivity index (χ1) is 6.63. The number of amidine groups is 1. The zero-order valence-electron chi connectivity index (χ0n) is 9.17. The Morgan fingerprint density at radius 1 is 1.43 bits per heavy atom. The smallest absolute Gasteiger partial charge is 0.0965 e. The Morgan fingerprint density at radius 2 is 2.14 bits per heavy atom. The van der Waals surface area contributed by atoms with Crippen LogP contribution >= 0.6 is 0 Å². The molecule has 1 aromatic carbocycles. The maximum absolute atomic E-state index is 5.54. The van der Waals surface area contributed by atoms with Crippen molar-refractivity contribution >= 4 is 11.5 Å². The van der Waals surface area contributed by atoms with Crippen LogP contribution in [0, 0.1) is 6.92 Å². The first-order valence-corrected chi connectivity index (χ1v) is 5.03. The molecule has 1 rings (SSSR count). The van der Waals surface area contributed by atoms with Gasteiger partial charge in [-0.15, -0.1) is 0 Å². The summed E-state index contributed by atoms with van der Waals surface area (Å²) in [4.78, 5) is 4.25. The minimum atomic E-state index is 0.608. The van der Waals surface area contributed by atoms with Crippen molar-refractivity contribution < 1.29 is 0 Å². The van der Waals surface area contributed by atoms with E-state index in [1.165, 1.54) is 17.5 Å². The number of hydrogen-bond acceptors (Lipinski definition) is 1. The number of aryl methyl sites for hydroxylation is 2. The first-order valence-electron chi connectivity index (χ1n) is 5.03. The second kappa shape index (κ2) is 4.80. The third-order valence-corrected chi connectivity index (χ3v) is 2.10. The zero-order valence-corrected chi connectivity index (χ0v) is 9.17. The SMILES string of the molecule is CCCc1ccc(N=C(C)N)c(C)c1. The van der Waals surface area contributed by atoms with Crippen molar-refractivity contribution in [2.45, 2.75) is 33.6 Å². The van der Waals surface area contributed by atoms with Gasteiger partial charge in [0.2, 0.25) is 0 Å². The Kier molecular flexibility index (Phi) is 3.69. The molecule has 2 N–H and O–H groups in total. The van der Waals surface area contributed by atoms with Crippen LogP contribution in [0.25, 0.3) is 0 Å². The Balaban J connectivity index is 2.95. The molecule has 0 atom stereocenters. The van der Waals surface area contributed by atoms with Gasteiger partial charge in [-0.2, -0.15) is 0 Å². The van der Waals surface area contributed by atoms with Gasteiger partial charge in [0.25, 0.3) is 0 Å².